The summed E-state index contributed by atoms with van der Waals surface area (Å²) in [6, 6.07) is 10.2. The number of nitrogens with zero attached hydrogens (tertiary/aromatic N) is 3. The predicted molar refractivity (Wildman–Crippen MR) is 90.1 cm³/mol. The third-order valence-corrected chi connectivity index (χ3v) is 3.06. The van der Waals surface area contributed by atoms with Gasteiger partial charge in [-0.15, -0.1) is 0 Å². The number of nitriles is 2. The Morgan fingerprint density at radius 3 is 2.33 bits per heavy atom. The highest BCUT2D eigenvalue weighted by molar-refractivity contribution is 5.97. The van der Waals surface area contributed by atoms with Crippen molar-refractivity contribution in [2.75, 3.05) is 18.4 Å². The van der Waals surface area contributed by atoms with Crippen molar-refractivity contribution in [3.8, 4) is 12.1 Å². The number of hydrogen-bond acceptors (Lipinski definition) is 4. The van der Waals surface area contributed by atoms with Crippen LogP contribution in [0.3, 0.4) is 0 Å². The van der Waals surface area contributed by atoms with E-state index >= 15 is 0 Å². The van der Waals surface area contributed by atoms with Gasteiger partial charge in [0.2, 0.25) is 0 Å². The van der Waals surface area contributed by atoms with E-state index < -0.39 is 0 Å². The average Bonchev–Trinajstić information content (AvgIpc) is 2.54. The molecule has 0 fully saturated rings. The van der Waals surface area contributed by atoms with E-state index in [0.717, 1.165) is 0 Å². The van der Waals surface area contributed by atoms with Gasteiger partial charge >= 0.3 is 6.03 Å². The molecule has 0 bridgehead atoms. The SMILES string of the molecule is CC(C)NC(=O)Nc1cccc(C(=O)N(CCC#N)CCC#N)c1. The Kier molecular flexibility index (Phi) is 7.80. The second kappa shape index (κ2) is 9.86. The molecule has 0 heterocycles. The molecule has 2 N–H and O–H groups in total. The van der Waals surface area contributed by atoms with E-state index in [2.05, 4.69) is 10.6 Å². The molecular weight excluding hydrogens is 306 g/mol. The molecule has 126 valence electrons. The number of rotatable bonds is 7. The van der Waals surface area contributed by atoms with Crippen LogP contribution in [-0.4, -0.2) is 36.0 Å². The van der Waals surface area contributed by atoms with Gasteiger partial charge in [0.1, 0.15) is 0 Å². The molecule has 0 saturated carbocycles. The molecule has 7 nitrogen and oxygen atoms in total. The van der Waals surface area contributed by atoms with E-state index in [-0.39, 0.29) is 43.9 Å². The summed E-state index contributed by atoms with van der Waals surface area (Å²) in [7, 11) is 0. The maximum absolute atomic E-state index is 12.6. The van der Waals surface area contributed by atoms with Crippen molar-refractivity contribution in [3.63, 3.8) is 0 Å². The van der Waals surface area contributed by atoms with Gasteiger partial charge in [0.15, 0.2) is 0 Å². The topological polar surface area (TPSA) is 109 Å². The van der Waals surface area contributed by atoms with Crippen LogP contribution in [0.15, 0.2) is 24.3 Å². The van der Waals surface area contributed by atoms with E-state index in [0.29, 0.717) is 11.3 Å². The van der Waals surface area contributed by atoms with Gasteiger partial charge in [0, 0.05) is 30.4 Å². The zero-order valence-electron chi connectivity index (χ0n) is 13.9. The molecule has 1 aromatic rings. The lowest BCUT2D eigenvalue weighted by molar-refractivity contribution is 0.0762. The Morgan fingerprint density at radius 1 is 1.17 bits per heavy atom. The summed E-state index contributed by atoms with van der Waals surface area (Å²) in [6.07, 6.45) is 0.401. The largest absolute Gasteiger partial charge is 0.337 e. The lowest BCUT2D eigenvalue weighted by Crippen LogP contribution is -2.34. The summed E-state index contributed by atoms with van der Waals surface area (Å²) in [5.74, 6) is -0.270. The van der Waals surface area contributed by atoms with Crippen molar-refractivity contribution in [2.24, 2.45) is 0 Å². The molecule has 0 aliphatic carbocycles. The molecule has 0 atom stereocenters. The number of anilines is 1. The summed E-state index contributed by atoms with van der Waals surface area (Å²) < 4.78 is 0. The van der Waals surface area contributed by atoms with Crippen LogP contribution in [0, 0.1) is 22.7 Å². The lowest BCUT2D eigenvalue weighted by Gasteiger charge is -2.20. The second-order valence-corrected chi connectivity index (χ2v) is 5.44. The molecule has 0 spiro atoms. The maximum Gasteiger partial charge on any atom is 0.319 e. The average molecular weight is 327 g/mol. The van der Waals surface area contributed by atoms with Gasteiger partial charge in [-0.3, -0.25) is 4.79 Å². The van der Waals surface area contributed by atoms with Crippen molar-refractivity contribution in [3.05, 3.63) is 29.8 Å². The molecule has 7 heteroatoms. The monoisotopic (exact) mass is 327 g/mol. The van der Waals surface area contributed by atoms with E-state index in [1.165, 1.54) is 4.90 Å². The van der Waals surface area contributed by atoms with Gasteiger partial charge in [-0.05, 0) is 32.0 Å². The summed E-state index contributed by atoms with van der Waals surface area (Å²) in [5.41, 5.74) is 0.896. The molecule has 24 heavy (non-hydrogen) atoms. The molecule has 0 unspecified atom stereocenters. The minimum Gasteiger partial charge on any atom is -0.337 e. The van der Waals surface area contributed by atoms with Crippen molar-refractivity contribution >= 4 is 17.6 Å². The summed E-state index contributed by atoms with van der Waals surface area (Å²) in [5, 5.41) is 22.8. The highest BCUT2D eigenvalue weighted by Gasteiger charge is 2.16. The minimum absolute atomic E-state index is 0.00210. The van der Waals surface area contributed by atoms with Crippen LogP contribution in [0.4, 0.5) is 10.5 Å². The Hall–Kier alpha value is -3.06. The first kappa shape index (κ1) is 19.0. The van der Waals surface area contributed by atoms with Crippen LogP contribution in [0.25, 0.3) is 0 Å². The molecule has 0 aliphatic heterocycles. The molecule has 0 saturated heterocycles. The fraction of sp³-hybridized carbons (Fsp3) is 0.412. The van der Waals surface area contributed by atoms with Gasteiger partial charge in [-0.25, -0.2) is 4.79 Å². The van der Waals surface area contributed by atoms with Crippen LogP contribution in [0.5, 0.6) is 0 Å². The Balaban J connectivity index is 2.85. The van der Waals surface area contributed by atoms with Gasteiger partial charge in [0.25, 0.3) is 5.91 Å². The van der Waals surface area contributed by atoms with Crippen molar-refractivity contribution < 1.29 is 9.59 Å². The predicted octanol–water partition coefficient (Wildman–Crippen LogP) is 2.49. The number of carbonyl (C=O) groups is 2. The first-order chi connectivity index (χ1) is 11.5. The number of carbonyl (C=O) groups excluding carboxylic acids is 2. The summed E-state index contributed by atoms with van der Waals surface area (Å²) in [6.45, 7) is 4.23. The van der Waals surface area contributed by atoms with E-state index in [4.69, 9.17) is 10.5 Å². The lowest BCUT2D eigenvalue weighted by atomic mass is 10.1. The van der Waals surface area contributed by atoms with Crippen molar-refractivity contribution in [1.82, 2.24) is 10.2 Å². The molecule has 3 amide bonds. The fourth-order valence-corrected chi connectivity index (χ4v) is 2.03. The van der Waals surface area contributed by atoms with Gasteiger partial charge in [-0.1, -0.05) is 6.07 Å². The Labute approximate surface area is 141 Å². The van der Waals surface area contributed by atoms with Crippen molar-refractivity contribution in [2.45, 2.75) is 32.7 Å². The van der Waals surface area contributed by atoms with Crippen LogP contribution >= 0.6 is 0 Å². The maximum atomic E-state index is 12.6. The second-order valence-electron chi connectivity index (χ2n) is 5.44. The molecule has 1 rings (SSSR count). The third-order valence-electron chi connectivity index (χ3n) is 3.06. The zero-order valence-corrected chi connectivity index (χ0v) is 13.9. The summed E-state index contributed by atoms with van der Waals surface area (Å²) >= 11 is 0. The van der Waals surface area contributed by atoms with Crippen LogP contribution in [-0.2, 0) is 0 Å². The van der Waals surface area contributed by atoms with Crippen LogP contribution in [0.1, 0.15) is 37.0 Å². The molecule has 0 radical (unpaired) electrons. The molecule has 0 aromatic heterocycles. The normalized spacial score (nSPS) is 9.71. The highest BCUT2D eigenvalue weighted by Crippen LogP contribution is 2.13. The first-order valence-electron chi connectivity index (χ1n) is 7.68. The fourth-order valence-electron chi connectivity index (χ4n) is 2.03. The molecule has 0 aliphatic rings. The van der Waals surface area contributed by atoms with E-state index in [1.807, 2.05) is 26.0 Å². The van der Waals surface area contributed by atoms with E-state index in [9.17, 15) is 9.59 Å². The van der Waals surface area contributed by atoms with Gasteiger partial charge in [-0.2, -0.15) is 10.5 Å². The van der Waals surface area contributed by atoms with Gasteiger partial charge < -0.3 is 15.5 Å². The first-order valence-corrected chi connectivity index (χ1v) is 7.68. The molecule has 1 aromatic carbocycles. The number of amides is 3. The number of hydrogen-bond donors (Lipinski definition) is 2. The Bertz CT molecular complexity index is 640. The van der Waals surface area contributed by atoms with Gasteiger partial charge in [0.05, 0.1) is 25.0 Å². The standard InChI is InChI=1S/C17H21N5O2/c1-13(2)20-17(24)21-15-7-3-6-14(12-15)16(23)22(10-4-8-18)11-5-9-19/h3,6-7,12-13H,4-5,10-11H2,1-2H3,(H2,20,21,24). The van der Waals surface area contributed by atoms with Crippen LogP contribution in [0.2, 0.25) is 0 Å². The quantitative estimate of drug-likeness (QED) is 0.801. The smallest absolute Gasteiger partial charge is 0.319 e. The summed E-state index contributed by atoms with van der Waals surface area (Å²) in [4.78, 5) is 25.8. The number of urea groups is 1. The molecular formula is C17H21N5O2. The minimum atomic E-state index is -0.347. The Morgan fingerprint density at radius 2 is 1.79 bits per heavy atom. The number of benzene rings is 1. The van der Waals surface area contributed by atoms with E-state index in [1.54, 1.807) is 24.3 Å². The zero-order chi connectivity index (χ0) is 17.9. The highest BCUT2D eigenvalue weighted by atomic mass is 16.2. The third kappa shape index (κ3) is 6.37. The number of nitrogens with one attached hydrogen (secondary N) is 2. The van der Waals surface area contributed by atoms with Crippen LogP contribution < -0.4 is 10.6 Å². The van der Waals surface area contributed by atoms with Crippen molar-refractivity contribution in [1.29, 1.82) is 10.5 Å².